The van der Waals surface area contributed by atoms with Crippen LogP contribution in [0, 0.1) is 0 Å². The fourth-order valence-corrected chi connectivity index (χ4v) is 3.11. The maximum absolute atomic E-state index is 10.5. The van der Waals surface area contributed by atoms with Crippen LogP contribution in [0.5, 0.6) is 0 Å². The zero-order valence-electron chi connectivity index (χ0n) is 13.0. The van der Waals surface area contributed by atoms with Gasteiger partial charge in [-0.3, -0.25) is 0 Å². The summed E-state index contributed by atoms with van der Waals surface area (Å²) in [6.45, 7) is 3.85. The molecule has 1 aliphatic rings. The summed E-state index contributed by atoms with van der Waals surface area (Å²) in [6.07, 6.45) is 1.34. The van der Waals surface area contributed by atoms with Crippen LogP contribution in [0.15, 0.2) is 18.2 Å². The SMILES string of the molecule is CC(NCC1(O)CCOCC1)c1nc2cc(Cl)ccc2n1C. The Morgan fingerprint density at radius 1 is 1.45 bits per heavy atom. The molecule has 1 fully saturated rings. The number of aryl methyl sites for hydroxylation is 1. The summed E-state index contributed by atoms with van der Waals surface area (Å²) in [5.74, 6) is 0.938. The summed E-state index contributed by atoms with van der Waals surface area (Å²) in [5, 5.41) is 14.6. The van der Waals surface area contributed by atoms with Crippen LogP contribution in [0.1, 0.15) is 31.6 Å². The minimum atomic E-state index is -0.680. The van der Waals surface area contributed by atoms with Crippen molar-refractivity contribution >= 4 is 22.6 Å². The number of nitrogens with zero attached hydrogens (tertiary/aromatic N) is 2. The van der Waals surface area contributed by atoms with E-state index in [9.17, 15) is 5.11 Å². The third kappa shape index (κ3) is 3.13. The van der Waals surface area contributed by atoms with Crippen LogP contribution < -0.4 is 5.32 Å². The van der Waals surface area contributed by atoms with Gasteiger partial charge in [-0.25, -0.2) is 4.98 Å². The van der Waals surface area contributed by atoms with Crippen LogP contribution >= 0.6 is 11.6 Å². The Kier molecular flexibility index (Phi) is 4.41. The van der Waals surface area contributed by atoms with E-state index >= 15 is 0 Å². The van der Waals surface area contributed by atoms with Gasteiger partial charge in [0, 0.05) is 44.7 Å². The minimum absolute atomic E-state index is 0.0445. The standard InChI is InChI=1S/C16H22ClN3O2/c1-11(18-10-16(21)5-7-22-8-6-16)15-19-13-9-12(17)3-4-14(13)20(15)2/h3-4,9,11,18,21H,5-8,10H2,1-2H3. The van der Waals surface area contributed by atoms with E-state index < -0.39 is 5.60 Å². The molecule has 2 N–H and O–H groups in total. The van der Waals surface area contributed by atoms with E-state index in [1.807, 2.05) is 25.2 Å². The molecule has 1 atom stereocenters. The summed E-state index contributed by atoms with van der Waals surface area (Å²) in [5.41, 5.74) is 1.27. The third-order valence-electron chi connectivity index (χ3n) is 4.43. The van der Waals surface area contributed by atoms with Crippen molar-refractivity contribution in [1.29, 1.82) is 0 Å². The van der Waals surface area contributed by atoms with Gasteiger partial charge in [0.25, 0.3) is 0 Å². The van der Waals surface area contributed by atoms with Gasteiger partial charge in [0.1, 0.15) is 5.82 Å². The molecule has 5 nitrogen and oxygen atoms in total. The second kappa shape index (κ2) is 6.16. The largest absolute Gasteiger partial charge is 0.388 e. The van der Waals surface area contributed by atoms with Crippen LogP contribution in [0.4, 0.5) is 0 Å². The van der Waals surface area contributed by atoms with Gasteiger partial charge >= 0.3 is 0 Å². The summed E-state index contributed by atoms with van der Waals surface area (Å²) < 4.78 is 7.38. The van der Waals surface area contributed by atoms with E-state index in [0.717, 1.165) is 16.9 Å². The van der Waals surface area contributed by atoms with Crippen LogP contribution in [0.25, 0.3) is 11.0 Å². The minimum Gasteiger partial charge on any atom is -0.388 e. The third-order valence-corrected chi connectivity index (χ3v) is 4.66. The van der Waals surface area contributed by atoms with Crippen molar-refractivity contribution in [2.45, 2.75) is 31.4 Å². The quantitative estimate of drug-likeness (QED) is 0.907. The summed E-state index contributed by atoms with van der Waals surface area (Å²) >= 11 is 6.03. The number of hydrogen-bond acceptors (Lipinski definition) is 4. The Morgan fingerprint density at radius 2 is 2.18 bits per heavy atom. The Hall–Kier alpha value is -1.14. The molecule has 1 aromatic carbocycles. The van der Waals surface area contributed by atoms with Crippen LogP contribution in [-0.2, 0) is 11.8 Å². The van der Waals surface area contributed by atoms with Crippen LogP contribution in [0.2, 0.25) is 5.02 Å². The molecular formula is C16H22ClN3O2. The van der Waals surface area contributed by atoms with Crippen molar-refractivity contribution in [2.24, 2.45) is 7.05 Å². The lowest BCUT2D eigenvalue weighted by Crippen LogP contribution is -2.45. The van der Waals surface area contributed by atoms with Gasteiger partial charge in [-0.05, 0) is 25.1 Å². The van der Waals surface area contributed by atoms with Crippen molar-refractivity contribution in [2.75, 3.05) is 19.8 Å². The van der Waals surface area contributed by atoms with Gasteiger partial charge < -0.3 is 19.7 Å². The Bertz CT molecular complexity index is 665. The lowest BCUT2D eigenvalue weighted by Gasteiger charge is -2.33. The van der Waals surface area contributed by atoms with E-state index in [1.54, 1.807) is 0 Å². The predicted molar refractivity (Wildman–Crippen MR) is 87.1 cm³/mol. The monoisotopic (exact) mass is 323 g/mol. The molecule has 120 valence electrons. The van der Waals surface area contributed by atoms with Gasteiger partial charge in [-0.1, -0.05) is 11.6 Å². The second-order valence-electron chi connectivity index (χ2n) is 6.10. The topological polar surface area (TPSA) is 59.3 Å². The molecule has 0 spiro atoms. The van der Waals surface area contributed by atoms with Crippen molar-refractivity contribution in [3.8, 4) is 0 Å². The molecule has 2 heterocycles. The Labute approximate surface area is 135 Å². The normalized spacial score (nSPS) is 19.5. The van der Waals surface area contributed by atoms with Gasteiger partial charge in [-0.2, -0.15) is 0 Å². The molecule has 6 heteroatoms. The molecule has 0 radical (unpaired) electrons. The van der Waals surface area contributed by atoms with Crippen LogP contribution in [0.3, 0.4) is 0 Å². The fourth-order valence-electron chi connectivity index (χ4n) is 2.94. The number of benzene rings is 1. The molecule has 0 bridgehead atoms. The molecule has 1 aliphatic heterocycles. The van der Waals surface area contributed by atoms with Gasteiger partial charge in [0.2, 0.25) is 0 Å². The lowest BCUT2D eigenvalue weighted by atomic mass is 9.94. The summed E-state index contributed by atoms with van der Waals surface area (Å²) in [7, 11) is 2.00. The Morgan fingerprint density at radius 3 is 2.91 bits per heavy atom. The smallest absolute Gasteiger partial charge is 0.126 e. The number of hydrogen-bond donors (Lipinski definition) is 2. The first-order chi connectivity index (χ1) is 10.5. The highest BCUT2D eigenvalue weighted by Gasteiger charge is 2.30. The van der Waals surface area contributed by atoms with E-state index in [-0.39, 0.29) is 6.04 Å². The van der Waals surface area contributed by atoms with E-state index in [1.165, 1.54) is 0 Å². The molecule has 0 aliphatic carbocycles. The molecule has 3 rings (SSSR count). The lowest BCUT2D eigenvalue weighted by molar-refractivity contribution is -0.0627. The highest BCUT2D eigenvalue weighted by atomic mass is 35.5. The van der Waals surface area contributed by atoms with Crippen LogP contribution in [-0.4, -0.2) is 40.0 Å². The van der Waals surface area contributed by atoms with Gasteiger partial charge in [0.15, 0.2) is 0 Å². The highest BCUT2D eigenvalue weighted by Crippen LogP contribution is 2.24. The second-order valence-corrected chi connectivity index (χ2v) is 6.54. The first-order valence-corrected chi connectivity index (χ1v) is 8.02. The summed E-state index contributed by atoms with van der Waals surface area (Å²) in [4.78, 5) is 4.67. The van der Waals surface area contributed by atoms with Crippen molar-refractivity contribution in [3.05, 3.63) is 29.0 Å². The number of rotatable bonds is 4. The molecule has 0 amide bonds. The van der Waals surface area contributed by atoms with Gasteiger partial charge in [0.05, 0.1) is 22.7 Å². The molecule has 0 saturated carbocycles. The first kappa shape index (κ1) is 15.7. The van der Waals surface area contributed by atoms with Crippen molar-refractivity contribution < 1.29 is 9.84 Å². The fraction of sp³-hybridized carbons (Fsp3) is 0.562. The molecule has 2 aromatic rings. The number of aromatic nitrogens is 2. The Balaban J connectivity index is 1.74. The molecular weight excluding hydrogens is 302 g/mol. The molecule has 1 unspecified atom stereocenters. The first-order valence-electron chi connectivity index (χ1n) is 7.64. The zero-order chi connectivity index (χ0) is 15.7. The van der Waals surface area contributed by atoms with E-state index in [4.69, 9.17) is 16.3 Å². The van der Waals surface area contributed by atoms with Crippen molar-refractivity contribution in [3.63, 3.8) is 0 Å². The molecule has 1 aromatic heterocycles. The number of nitrogens with one attached hydrogen (secondary N) is 1. The average Bonchev–Trinajstić information content (AvgIpc) is 2.82. The number of aliphatic hydroxyl groups is 1. The van der Waals surface area contributed by atoms with Gasteiger partial charge in [-0.15, -0.1) is 0 Å². The molecule has 1 saturated heterocycles. The molecule has 22 heavy (non-hydrogen) atoms. The summed E-state index contributed by atoms with van der Waals surface area (Å²) in [6, 6.07) is 5.77. The van der Waals surface area contributed by atoms with E-state index in [2.05, 4.69) is 21.8 Å². The number of fused-ring (bicyclic) bond motifs is 1. The van der Waals surface area contributed by atoms with Crippen molar-refractivity contribution in [1.82, 2.24) is 14.9 Å². The maximum atomic E-state index is 10.5. The zero-order valence-corrected chi connectivity index (χ0v) is 13.7. The average molecular weight is 324 g/mol. The predicted octanol–water partition coefficient (Wildman–Crippen LogP) is 2.42. The number of halogens is 1. The highest BCUT2D eigenvalue weighted by molar-refractivity contribution is 6.31. The number of ether oxygens (including phenoxy) is 1. The number of imidazole rings is 1. The van der Waals surface area contributed by atoms with E-state index in [0.29, 0.717) is 37.6 Å². The maximum Gasteiger partial charge on any atom is 0.126 e.